The first-order valence-electron chi connectivity index (χ1n) is 12.8. The van der Waals surface area contributed by atoms with Gasteiger partial charge >= 0.3 is 5.97 Å². The average Bonchev–Trinajstić information content (AvgIpc) is 3.26. The van der Waals surface area contributed by atoms with E-state index in [1.165, 1.54) is 15.9 Å². The SMILES string of the molecule is CCOC(=O)C1=C(C)N=c2sc(=Cc3ccc(OCc4ccccc4Cl)c(OC)c3)c(=O)n2[C@H]1c1ccccc1Cl. The Morgan fingerprint density at radius 3 is 2.49 bits per heavy atom. The number of fused-ring (bicyclic) bond motifs is 1. The average molecular weight is 610 g/mol. The topological polar surface area (TPSA) is 79.1 Å². The molecule has 1 aliphatic rings. The highest BCUT2D eigenvalue weighted by atomic mass is 35.5. The molecule has 4 aromatic rings. The lowest BCUT2D eigenvalue weighted by molar-refractivity contribution is -0.139. The Morgan fingerprint density at radius 1 is 1.05 bits per heavy atom. The standard InChI is InChI=1S/C31H26Cl2N2O5S/c1-4-39-30(37)27-18(2)34-31-35(28(27)21-10-6-8-12-23(21)33)29(36)26(41-31)16-19-13-14-24(25(15-19)38-3)40-17-20-9-5-7-11-22(20)32/h5-16,28H,4,17H2,1-3H3/t28-/m0/s1. The molecule has 0 amide bonds. The van der Waals surface area contributed by atoms with Gasteiger partial charge in [0.1, 0.15) is 12.6 Å². The maximum Gasteiger partial charge on any atom is 0.338 e. The molecule has 0 aliphatic carbocycles. The first-order chi connectivity index (χ1) is 19.8. The first-order valence-corrected chi connectivity index (χ1v) is 14.4. The third-order valence-corrected chi connectivity index (χ3v) is 8.24. The van der Waals surface area contributed by atoms with Crippen molar-refractivity contribution in [1.29, 1.82) is 0 Å². The summed E-state index contributed by atoms with van der Waals surface area (Å²) in [6.45, 7) is 3.93. The van der Waals surface area contributed by atoms with Crippen LogP contribution >= 0.6 is 34.5 Å². The van der Waals surface area contributed by atoms with Gasteiger partial charge < -0.3 is 14.2 Å². The molecule has 0 N–H and O–H groups in total. The third-order valence-electron chi connectivity index (χ3n) is 6.54. The van der Waals surface area contributed by atoms with E-state index in [9.17, 15) is 9.59 Å². The number of benzene rings is 3. The lowest BCUT2D eigenvalue weighted by atomic mass is 9.96. The van der Waals surface area contributed by atoms with Crippen LogP contribution in [0.5, 0.6) is 11.5 Å². The van der Waals surface area contributed by atoms with Gasteiger partial charge in [-0.2, -0.15) is 0 Å². The maximum atomic E-state index is 13.9. The molecule has 0 bridgehead atoms. The molecule has 0 spiro atoms. The number of halogens is 2. The van der Waals surface area contributed by atoms with Gasteiger partial charge in [0.15, 0.2) is 16.3 Å². The molecule has 0 fully saturated rings. The van der Waals surface area contributed by atoms with Gasteiger partial charge in [0, 0.05) is 15.6 Å². The minimum Gasteiger partial charge on any atom is -0.493 e. The monoisotopic (exact) mass is 608 g/mol. The Morgan fingerprint density at radius 2 is 1.78 bits per heavy atom. The van der Waals surface area contributed by atoms with E-state index in [2.05, 4.69) is 4.99 Å². The molecule has 2 heterocycles. The quantitative estimate of drug-likeness (QED) is 0.240. The lowest BCUT2D eigenvalue weighted by Gasteiger charge is -2.25. The lowest BCUT2D eigenvalue weighted by Crippen LogP contribution is -2.40. The van der Waals surface area contributed by atoms with Crippen LogP contribution in [0.4, 0.5) is 0 Å². The highest BCUT2D eigenvalue weighted by molar-refractivity contribution is 7.07. The molecular weight excluding hydrogens is 583 g/mol. The maximum absolute atomic E-state index is 13.9. The fourth-order valence-electron chi connectivity index (χ4n) is 4.60. The van der Waals surface area contributed by atoms with Crippen molar-refractivity contribution in [3.05, 3.63) is 124 Å². The summed E-state index contributed by atoms with van der Waals surface area (Å²) in [4.78, 5) is 32.0. The number of hydrogen-bond donors (Lipinski definition) is 0. The summed E-state index contributed by atoms with van der Waals surface area (Å²) in [5, 5.41) is 1.05. The summed E-state index contributed by atoms with van der Waals surface area (Å²) in [6, 6.07) is 19.2. The smallest absolute Gasteiger partial charge is 0.338 e. The van der Waals surface area contributed by atoms with Crippen molar-refractivity contribution in [2.75, 3.05) is 13.7 Å². The van der Waals surface area contributed by atoms with Gasteiger partial charge in [-0.15, -0.1) is 0 Å². The number of methoxy groups -OCH3 is 1. The van der Waals surface area contributed by atoms with E-state index in [-0.39, 0.29) is 24.3 Å². The number of carbonyl (C=O) groups is 1. The van der Waals surface area contributed by atoms with Gasteiger partial charge in [-0.25, -0.2) is 9.79 Å². The van der Waals surface area contributed by atoms with Crippen molar-refractivity contribution in [2.45, 2.75) is 26.5 Å². The fraction of sp³-hybridized carbons (Fsp3) is 0.194. The molecule has 210 valence electrons. The summed E-state index contributed by atoms with van der Waals surface area (Å²) in [5.41, 5.74) is 2.65. The zero-order chi connectivity index (χ0) is 29.1. The first kappa shape index (κ1) is 28.7. The van der Waals surface area contributed by atoms with E-state index in [1.807, 2.05) is 36.4 Å². The van der Waals surface area contributed by atoms with Gasteiger partial charge in [-0.3, -0.25) is 9.36 Å². The van der Waals surface area contributed by atoms with E-state index in [1.54, 1.807) is 57.4 Å². The number of allylic oxidation sites excluding steroid dienone is 1. The Labute approximate surface area is 250 Å². The van der Waals surface area contributed by atoms with E-state index in [0.29, 0.717) is 42.1 Å². The summed E-state index contributed by atoms with van der Waals surface area (Å²) < 4.78 is 18.8. The second-order valence-corrected chi connectivity index (χ2v) is 10.9. The molecule has 5 rings (SSSR count). The molecular formula is C31H26Cl2N2O5S. The Hall–Kier alpha value is -3.85. The molecule has 41 heavy (non-hydrogen) atoms. The van der Waals surface area contributed by atoms with Crippen LogP contribution in [0.1, 0.15) is 36.6 Å². The molecule has 0 saturated carbocycles. The number of aromatic nitrogens is 1. The van der Waals surface area contributed by atoms with E-state index >= 15 is 0 Å². The van der Waals surface area contributed by atoms with E-state index < -0.39 is 12.0 Å². The predicted octanol–water partition coefficient (Wildman–Crippen LogP) is 5.69. The van der Waals surface area contributed by atoms with Crippen LogP contribution < -0.4 is 24.4 Å². The van der Waals surface area contributed by atoms with E-state index in [0.717, 1.165) is 11.1 Å². The van der Waals surface area contributed by atoms with Crippen LogP contribution in [-0.4, -0.2) is 24.3 Å². The van der Waals surface area contributed by atoms with Crippen LogP contribution in [0.2, 0.25) is 10.0 Å². The van der Waals surface area contributed by atoms with Gasteiger partial charge in [0.2, 0.25) is 0 Å². The second kappa shape index (κ2) is 12.3. The Balaban J connectivity index is 1.56. The number of nitrogens with zero attached hydrogens (tertiary/aromatic N) is 2. The van der Waals surface area contributed by atoms with Gasteiger partial charge in [0.25, 0.3) is 5.56 Å². The van der Waals surface area contributed by atoms with Crippen molar-refractivity contribution in [2.24, 2.45) is 4.99 Å². The van der Waals surface area contributed by atoms with Crippen molar-refractivity contribution < 1.29 is 19.0 Å². The van der Waals surface area contributed by atoms with Crippen molar-refractivity contribution in [1.82, 2.24) is 4.57 Å². The van der Waals surface area contributed by atoms with E-state index in [4.69, 9.17) is 37.4 Å². The molecule has 1 atom stereocenters. The van der Waals surface area contributed by atoms with Crippen molar-refractivity contribution >= 4 is 46.6 Å². The normalized spacial score (nSPS) is 14.9. The van der Waals surface area contributed by atoms with Gasteiger partial charge in [-0.1, -0.05) is 77.0 Å². The summed E-state index contributed by atoms with van der Waals surface area (Å²) >= 11 is 14.1. The van der Waals surface area contributed by atoms with Crippen LogP contribution in [0.15, 0.2) is 87.8 Å². The molecule has 1 aliphatic heterocycles. The molecule has 3 aromatic carbocycles. The second-order valence-electron chi connectivity index (χ2n) is 9.11. The predicted molar refractivity (Wildman–Crippen MR) is 161 cm³/mol. The van der Waals surface area contributed by atoms with Crippen LogP contribution in [0, 0.1) is 0 Å². The number of carbonyl (C=O) groups excluding carboxylic acids is 1. The summed E-state index contributed by atoms with van der Waals surface area (Å²) in [5.74, 6) is 0.512. The number of esters is 1. The Bertz CT molecular complexity index is 1840. The Kier molecular flexibility index (Phi) is 8.63. The minimum atomic E-state index is -0.781. The molecule has 0 radical (unpaired) electrons. The highest BCUT2D eigenvalue weighted by Crippen LogP contribution is 2.34. The van der Waals surface area contributed by atoms with Crippen LogP contribution in [0.3, 0.4) is 0 Å². The van der Waals surface area contributed by atoms with Crippen LogP contribution in [0.25, 0.3) is 6.08 Å². The van der Waals surface area contributed by atoms with Gasteiger partial charge in [0.05, 0.1) is 29.5 Å². The molecule has 7 nitrogen and oxygen atoms in total. The molecule has 0 unspecified atom stereocenters. The number of rotatable bonds is 8. The summed E-state index contributed by atoms with van der Waals surface area (Å²) in [6.07, 6.45) is 1.76. The highest BCUT2D eigenvalue weighted by Gasteiger charge is 2.34. The fourth-order valence-corrected chi connectivity index (χ4v) is 6.07. The van der Waals surface area contributed by atoms with Crippen molar-refractivity contribution in [3.8, 4) is 11.5 Å². The summed E-state index contributed by atoms with van der Waals surface area (Å²) in [7, 11) is 1.55. The molecule has 0 saturated heterocycles. The number of ether oxygens (including phenoxy) is 3. The molecule has 1 aromatic heterocycles. The largest absolute Gasteiger partial charge is 0.493 e. The zero-order valence-electron chi connectivity index (χ0n) is 22.5. The zero-order valence-corrected chi connectivity index (χ0v) is 24.8. The number of thiazole rings is 1. The van der Waals surface area contributed by atoms with Crippen LogP contribution in [-0.2, 0) is 16.1 Å². The third kappa shape index (κ3) is 5.81. The minimum absolute atomic E-state index is 0.190. The number of hydrogen-bond acceptors (Lipinski definition) is 7. The van der Waals surface area contributed by atoms with Crippen molar-refractivity contribution in [3.63, 3.8) is 0 Å². The van der Waals surface area contributed by atoms with Gasteiger partial charge in [-0.05, 0) is 55.3 Å². The molecule has 10 heteroatoms.